The predicted octanol–water partition coefficient (Wildman–Crippen LogP) is 3.57. The second-order valence-electron chi connectivity index (χ2n) is 5.55. The lowest BCUT2D eigenvalue weighted by atomic mass is 9.85. The van der Waals surface area contributed by atoms with Crippen LogP contribution in [0.15, 0.2) is 48.5 Å². The van der Waals surface area contributed by atoms with Gasteiger partial charge in [-0.15, -0.1) is 0 Å². The highest BCUT2D eigenvalue weighted by molar-refractivity contribution is 5.35. The molecule has 1 aliphatic carbocycles. The van der Waals surface area contributed by atoms with Gasteiger partial charge in [0.2, 0.25) is 0 Å². The lowest BCUT2D eigenvalue weighted by Gasteiger charge is -2.24. The minimum atomic E-state index is -0.806. The van der Waals surface area contributed by atoms with Crippen LogP contribution in [0.5, 0.6) is 0 Å². The van der Waals surface area contributed by atoms with Gasteiger partial charge < -0.3 is 5.73 Å². The van der Waals surface area contributed by atoms with Crippen LogP contribution in [0, 0.1) is 11.6 Å². The molecule has 3 rings (SSSR count). The summed E-state index contributed by atoms with van der Waals surface area (Å²) >= 11 is 0. The molecule has 1 saturated carbocycles. The Bertz CT molecular complexity index is 606. The van der Waals surface area contributed by atoms with Crippen LogP contribution in [0.2, 0.25) is 0 Å². The van der Waals surface area contributed by atoms with Gasteiger partial charge in [0.05, 0.1) is 0 Å². The molecule has 1 unspecified atom stereocenters. The molecule has 20 heavy (non-hydrogen) atoms. The SMILES string of the molecule is NC(Cc1cccc(F)c1F)C1(c2ccccc2)CC1. The third-order valence-electron chi connectivity index (χ3n) is 4.32. The van der Waals surface area contributed by atoms with Gasteiger partial charge in [-0.25, -0.2) is 8.78 Å². The average Bonchev–Trinajstić information content (AvgIpc) is 3.26. The molecule has 0 amide bonds. The zero-order valence-corrected chi connectivity index (χ0v) is 11.2. The third-order valence-corrected chi connectivity index (χ3v) is 4.32. The van der Waals surface area contributed by atoms with Crippen molar-refractivity contribution in [3.8, 4) is 0 Å². The first-order valence-electron chi connectivity index (χ1n) is 6.87. The molecule has 1 aliphatic rings. The van der Waals surface area contributed by atoms with Crippen LogP contribution < -0.4 is 5.73 Å². The smallest absolute Gasteiger partial charge is 0.162 e. The molecule has 1 nitrogen and oxygen atoms in total. The van der Waals surface area contributed by atoms with Crippen LogP contribution in [-0.4, -0.2) is 6.04 Å². The summed E-state index contributed by atoms with van der Waals surface area (Å²) in [5.41, 5.74) is 7.80. The van der Waals surface area contributed by atoms with E-state index in [0.717, 1.165) is 18.9 Å². The van der Waals surface area contributed by atoms with Crippen LogP contribution in [-0.2, 0) is 11.8 Å². The van der Waals surface area contributed by atoms with Gasteiger partial charge in [-0.05, 0) is 36.5 Å². The first kappa shape index (κ1) is 13.3. The summed E-state index contributed by atoms with van der Waals surface area (Å²) in [5, 5.41) is 0. The maximum Gasteiger partial charge on any atom is 0.162 e. The van der Waals surface area contributed by atoms with Crippen LogP contribution >= 0.6 is 0 Å². The van der Waals surface area contributed by atoms with E-state index in [2.05, 4.69) is 12.1 Å². The van der Waals surface area contributed by atoms with Gasteiger partial charge >= 0.3 is 0 Å². The van der Waals surface area contributed by atoms with E-state index < -0.39 is 11.6 Å². The van der Waals surface area contributed by atoms with Crippen molar-refractivity contribution in [1.29, 1.82) is 0 Å². The Kier molecular flexibility index (Phi) is 3.30. The first-order chi connectivity index (χ1) is 9.63. The standard InChI is InChI=1S/C17H17F2N/c18-14-8-4-5-12(16(14)19)11-15(20)17(9-10-17)13-6-2-1-3-7-13/h1-8,15H,9-11,20H2. The van der Waals surface area contributed by atoms with Gasteiger partial charge in [-0.2, -0.15) is 0 Å². The van der Waals surface area contributed by atoms with Crippen LogP contribution in [0.25, 0.3) is 0 Å². The zero-order chi connectivity index (χ0) is 14.2. The largest absolute Gasteiger partial charge is 0.327 e. The molecule has 0 saturated heterocycles. The van der Waals surface area contributed by atoms with Gasteiger partial charge in [0.25, 0.3) is 0 Å². The summed E-state index contributed by atoms with van der Waals surface area (Å²) in [7, 11) is 0. The minimum Gasteiger partial charge on any atom is -0.327 e. The Morgan fingerprint density at radius 2 is 1.70 bits per heavy atom. The van der Waals surface area contributed by atoms with E-state index in [1.165, 1.54) is 11.6 Å². The van der Waals surface area contributed by atoms with Gasteiger partial charge in [0.1, 0.15) is 0 Å². The summed E-state index contributed by atoms with van der Waals surface area (Å²) in [6.07, 6.45) is 2.38. The third kappa shape index (κ3) is 2.22. The summed E-state index contributed by atoms with van der Waals surface area (Å²) in [6.45, 7) is 0. The Labute approximate surface area is 117 Å². The quantitative estimate of drug-likeness (QED) is 0.905. The maximum absolute atomic E-state index is 13.7. The Morgan fingerprint density at radius 3 is 2.35 bits per heavy atom. The topological polar surface area (TPSA) is 26.0 Å². The molecule has 0 radical (unpaired) electrons. The Balaban J connectivity index is 1.83. The summed E-state index contributed by atoms with van der Waals surface area (Å²) in [6, 6.07) is 14.2. The fraction of sp³-hybridized carbons (Fsp3) is 0.294. The molecule has 3 heteroatoms. The van der Waals surface area contributed by atoms with Crippen molar-refractivity contribution in [3.63, 3.8) is 0 Å². The highest BCUT2D eigenvalue weighted by Gasteiger charge is 2.49. The van der Waals surface area contributed by atoms with Crippen LogP contribution in [0.1, 0.15) is 24.0 Å². The van der Waals surface area contributed by atoms with E-state index in [0.29, 0.717) is 12.0 Å². The fourth-order valence-electron chi connectivity index (χ4n) is 2.92. The molecule has 104 valence electrons. The molecule has 1 fully saturated rings. The van der Waals surface area contributed by atoms with E-state index >= 15 is 0 Å². The molecular weight excluding hydrogens is 256 g/mol. The van der Waals surface area contributed by atoms with E-state index in [1.54, 1.807) is 6.07 Å². The zero-order valence-electron chi connectivity index (χ0n) is 11.2. The Morgan fingerprint density at radius 1 is 1.00 bits per heavy atom. The maximum atomic E-state index is 13.7. The van der Waals surface area contributed by atoms with Crippen molar-refractivity contribution in [1.82, 2.24) is 0 Å². The number of benzene rings is 2. The normalized spacial score (nSPS) is 17.8. The number of hydrogen-bond acceptors (Lipinski definition) is 1. The fourth-order valence-corrected chi connectivity index (χ4v) is 2.92. The van der Waals surface area contributed by atoms with E-state index in [4.69, 9.17) is 5.73 Å². The minimum absolute atomic E-state index is 0.0694. The number of halogens is 2. The summed E-state index contributed by atoms with van der Waals surface area (Å²) < 4.78 is 27.0. The monoisotopic (exact) mass is 273 g/mol. The van der Waals surface area contributed by atoms with Gasteiger partial charge in [-0.1, -0.05) is 42.5 Å². The molecule has 1 atom stereocenters. The van der Waals surface area contributed by atoms with Crippen molar-refractivity contribution in [2.45, 2.75) is 30.7 Å². The van der Waals surface area contributed by atoms with E-state index in [9.17, 15) is 8.78 Å². The lowest BCUT2D eigenvalue weighted by molar-refractivity contribution is 0.471. The van der Waals surface area contributed by atoms with E-state index in [1.807, 2.05) is 18.2 Å². The second kappa shape index (κ2) is 4.98. The van der Waals surface area contributed by atoms with Crippen LogP contribution in [0.3, 0.4) is 0 Å². The molecule has 0 bridgehead atoms. The molecule has 2 aromatic carbocycles. The van der Waals surface area contributed by atoms with Crippen molar-refractivity contribution in [2.24, 2.45) is 5.73 Å². The first-order valence-corrected chi connectivity index (χ1v) is 6.87. The predicted molar refractivity (Wildman–Crippen MR) is 75.4 cm³/mol. The van der Waals surface area contributed by atoms with E-state index in [-0.39, 0.29) is 11.5 Å². The lowest BCUT2D eigenvalue weighted by Crippen LogP contribution is -2.37. The molecule has 2 aromatic rings. The molecule has 2 N–H and O–H groups in total. The van der Waals surface area contributed by atoms with Gasteiger partial charge in [-0.3, -0.25) is 0 Å². The van der Waals surface area contributed by atoms with Crippen LogP contribution in [0.4, 0.5) is 8.78 Å². The van der Waals surface area contributed by atoms with Crippen molar-refractivity contribution >= 4 is 0 Å². The number of nitrogens with two attached hydrogens (primary N) is 1. The van der Waals surface area contributed by atoms with Crippen molar-refractivity contribution < 1.29 is 8.78 Å². The summed E-state index contributed by atoms with van der Waals surface area (Å²) in [4.78, 5) is 0. The molecule has 0 spiro atoms. The number of rotatable bonds is 4. The Hall–Kier alpha value is -1.74. The molecular formula is C17H17F2N. The van der Waals surface area contributed by atoms with Gasteiger partial charge in [0, 0.05) is 11.5 Å². The molecule has 0 heterocycles. The number of hydrogen-bond donors (Lipinski definition) is 1. The summed E-state index contributed by atoms with van der Waals surface area (Å²) in [5.74, 6) is -1.58. The highest BCUT2D eigenvalue weighted by Crippen LogP contribution is 2.51. The van der Waals surface area contributed by atoms with Crippen molar-refractivity contribution in [3.05, 3.63) is 71.3 Å². The second-order valence-corrected chi connectivity index (χ2v) is 5.55. The van der Waals surface area contributed by atoms with Gasteiger partial charge in [0.15, 0.2) is 11.6 Å². The molecule has 0 aromatic heterocycles. The molecule has 0 aliphatic heterocycles. The average molecular weight is 273 g/mol. The van der Waals surface area contributed by atoms with Crippen molar-refractivity contribution in [2.75, 3.05) is 0 Å². The highest BCUT2D eigenvalue weighted by atomic mass is 19.2.